The average Bonchev–Trinajstić information content (AvgIpc) is 2.63. The maximum Gasteiger partial charge on any atom is 0.248 e. The second-order valence-electron chi connectivity index (χ2n) is 4.78. The van der Waals surface area contributed by atoms with Crippen LogP contribution in [0.3, 0.4) is 0 Å². The Hall–Kier alpha value is -1.04. The van der Waals surface area contributed by atoms with E-state index in [4.69, 9.17) is 0 Å². The Morgan fingerprint density at radius 1 is 1.59 bits per heavy atom. The van der Waals surface area contributed by atoms with Gasteiger partial charge in [-0.2, -0.15) is 5.10 Å². The van der Waals surface area contributed by atoms with Crippen LogP contribution in [0.15, 0.2) is 6.33 Å². The molecule has 1 unspecified atom stereocenters. The molecule has 1 aliphatic carbocycles. The number of hydrogen-bond acceptors (Lipinski definition) is 3. The number of rotatable bonds is 4. The number of aromatic nitrogens is 3. The van der Waals surface area contributed by atoms with Gasteiger partial charge in [0.25, 0.3) is 0 Å². The van der Waals surface area contributed by atoms with Crippen LogP contribution in [0.2, 0.25) is 0 Å². The Labute approximate surface area is 99.4 Å². The lowest BCUT2D eigenvalue weighted by Gasteiger charge is -2.28. The highest BCUT2D eigenvalue weighted by molar-refractivity contribution is 4.83. The van der Waals surface area contributed by atoms with Gasteiger partial charge in [0, 0.05) is 19.9 Å². The van der Waals surface area contributed by atoms with Crippen molar-refractivity contribution in [2.24, 2.45) is 13.0 Å². The van der Waals surface area contributed by atoms with Crippen molar-refractivity contribution in [3.05, 3.63) is 12.2 Å². The van der Waals surface area contributed by atoms with Crippen molar-refractivity contribution in [1.29, 1.82) is 0 Å². The minimum atomic E-state index is -2.46. The summed E-state index contributed by atoms with van der Waals surface area (Å²) < 4.78 is 27.9. The summed E-state index contributed by atoms with van der Waals surface area (Å²) in [6.07, 6.45) is 3.20. The molecule has 0 bridgehead atoms. The van der Waals surface area contributed by atoms with E-state index in [1.54, 1.807) is 18.1 Å². The van der Waals surface area contributed by atoms with Crippen LogP contribution in [0.1, 0.15) is 31.5 Å². The first-order valence-electron chi connectivity index (χ1n) is 5.98. The van der Waals surface area contributed by atoms with Crippen molar-refractivity contribution in [2.45, 2.75) is 38.2 Å². The van der Waals surface area contributed by atoms with E-state index < -0.39 is 5.92 Å². The van der Waals surface area contributed by atoms with E-state index in [9.17, 15) is 8.78 Å². The summed E-state index contributed by atoms with van der Waals surface area (Å²) in [5.41, 5.74) is 0. The topological polar surface area (TPSA) is 42.7 Å². The lowest BCUT2D eigenvalue weighted by atomic mass is 9.86. The zero-order valence-electron chi connectivity index (χ0n) is 9.99. The molecule has 1 N–H and O–H groups in total. The molecule has 0 aliphatic heterocycles. The lowest BCUT2D eigenvalue weighted by Crippen LogP contribution is -2.32. The molecular weight excluding hydrogens is 226 g/mol. The van der Waals surface area contributed by atoms with E-state index in [0.29, 0.717) is 25.3 Å². The third-order valence-corrected chi connectivity index (χ3v) is 3.11. The van der Waals surface area contributed by atoms with Gasteiger partial charge in [0.05, 0.1) is 6.54 Å². The number of alkyl halides is 2. The molecule has 0 saturated heterocycles. The Balaban J connectivity index is 1.71. The Morgan fingerprint density at radius 3 is 3.06 bits per heavy atom. The summed E-state index contributed by atoms with van der Waals surface area (Å²) in [4.78, 5) is 4.07. The van der Waals surface area contributed by atoms with Gasteiger partial charge in [-0.15, -0.1) is 0 Å². The lowest BCUT2D eigenvalue weighted by molar-refractivity contribution is -0.0520. The van der Waals surface area contributed by atoms with Crippen LogP contribution >= 0.6 is 0 Å². The van der Waals surface area contributed by atoms with Gasteiger partial charge >= 0.3 is 0 Å². The highest BCUT2D eigenvalue weighted by Crippen LogP contribution is 2.36. The molecule has 17 heavy (non-hydrogen) atoms. The van der Waals surface area contributed by atoms with Gasteiger partial charge in [-0.05, 0) is 25.3 Å². The quantitative estimate of drug-likeness (QED) is 0.877. The fraction of sp³-hybridized carbons (Fsp3) is 0.818. The van der Waals surface area contributed by atoms with Gasteiger partial charge in [0.15, 0.2) is 5.82 Å². The van der Waals surface area contributed by atoms with E-state index in [0.717, 1.165) is 6.42 Å². The second-order valence-corrected chi connectivity index (χ2v) is 4.78. The molecule has 1 saturated carbocycles. The van der Waals surface area contributed by atoms with Crippen molar-refractivity contribution in [3.63, 3.8) is 0 Å². The average molecular weight is 244 g/mol. The third kappa shape index (κ3) is 3.73. The highest BCUT2D eigenvalue weighted by Gasteiger charge is 2.35. The van der Waals surface area contributed by atoms with Crippen LogP contribution in [0.5, 0.6) is 0 Å². The first-order valence-corrected chi connectivity index (χ1v) is 5.98. The van der Waals surface area contributed by atoms with E-state index >= 15 is 0 Å². The minimum absolute atomic E-state index is 0.00957. The second kappa shape index (κ2) is 5.08. The monoisotopic (exact) mass is 244 g/mol. The first-order chi connectivity index (χ1) is 8.05. The zero-order valence-corrected chi connectivity index (χ0v) is 9.99. The molecule has 96 valence electrons. The van der Waals surface area contributed by atoms with Crippen molar-refractivity contribution in [3.8, 4) is 0 Å². The van der Waals surface area contributed by atoms with Crippen LogP contribution < -0.4 is 5.32 Å². The fourth-order valence-corrected chi connectivity index (χ4v) is 2.30. The molecule has 1 aromatic rings. The molecule has 1 atom stereocenters. The van der Waals surface area contributed by atoms with Crippen LogP contribution in [0.25, 0.3) is 0 Å². The Kier molecular flexibility index (Phi) is 3.71. The summed E-state index contributed by atoms with van der Waals surface area (Å²) >= 11 is 0. The third-order valence-electron chi connectivity index (χ3n) is 3.11. The summed E-state index contributed by atoms with van der Waals surface area (Å²) in [5, 5.41) is 7.27. The molecule has 0 radical (unpaired) electrons. The molecule has 6 heteroatoms. The maximum atomic E-state index is 13.2. The SMILES string of the molecule is Cn1cnc(CNCC2CCCC(F)(F)C2)n1. The zero-order chi connectivity index (χ0) is 12.3. The highest BCUT2D eigenvalue weighted by atomic mass is 19.3. The van der Waals surface area contributed by atoms with E-state index in [1.807, 2.05) is 0 Å². The van der Waals surface area contributed by atoms with Crippen LogP contribution in [0.4, 0.5) is 8.78 Å². The summed E-state index contributed by atoms with van der Waals surface area (Å²) in [6.45, 7) is 1.16. The Bertz CT molecular complexity index is 364. The minimum Gasteiger partial charge on any atom is -0.310 e. The smallest absolute Gasteiger partial charge is 0.248 e. The van der Waals surface area contributed by atoms with Gasteiger partial charge in [-0.25, -0.2) is 13.8 Å². The predicted octanol–water partition coefficient (Wildman–Crippen LogP) is 1.73. The largest absolute Gasteiger partial charge is 0.310 e. The van der Waals surface area contributed by atoms with Gasteiger partial charge in [-0.1, -0.05) is 0 Å². The Morgan fingerprint density at radius 2 is 2.41 bits per heavy atom. The number of nitrogens with zero attached hydrogens (tertiary/aromatic N) is 3. The van der Waals surface area contributed by atoms with Crippen LogP contribution in [0, 0.1) is 5.92 Å². The normalized spacial score (nSPS) is 23.8. The number of halogens is 2. The molecule has 4 nitrogen and oxygen atoms in total. The van der Waals surface area contributed by atoms with Crippen molar-refractivity contribution < 1.29 is 8.78 Å². The van der Waals surface area contributed by atoms with Crippen LogP contribution in [-0.2, 0) is 13.6 Å². The van der Waals surface area contributed by atoms with E-state index in [1.165, 1.54) is 0 Å². The number of nitrogens with one attached hydrogen (secondary N) is 1. The van der Waals surface area contributed by atoms with Crippen molar-refractivity contribution in [1.82, 2.24) is 20.1 Å². The number of aryl methyl sites for hydroxylation is 1. The van der Waals surface area contributed by atoms with Gasteiger partial charge in [-0.3, -0.25) is 4.68 Å². The maximum absolute atomic E-state index is 13.2. The van der Waals surface area contributed by atoms with Gasteiger partial charge in [0.2, 0.25) is 5.92 Å². The van der Waals surface area contributed by atoms with Crippen molar-refractivity contribution in [2.75, 3.05) is 6.54 Å². The van der Waals surface area contributed by atoms with Crippen molar-refractivity contribution >= 4 is 0 Å². The van der Waals surface area contributed by atoms with Gasteiger partial charge in [0.1, 0.15) is 6.33 Å². The molecular formula is C11H18F2N4. The van der Waals surface area contributed by atoms with E-state index in [-0.39, 0.29) is 18.8 Å². The summed E-state index contributed by atoms with van der Waals surface area (Å²) in [7, 11) is 1.80. The van der Waals surface area contributed by atoms with Gasteiger partial charge < -0.3 is 5.32 Å². The molecule has 0 spiro atoms. The molecule has 0 aromatic carbocycles. The van der Waals surface area contributed by atoms with Crippen LogP contribution in [-0.4, -0.2) is 27.2 Å². The fourth-order valence-electron chi connectivity index (χ4n) is 2.30. The molecule has 0 amide bonds. The molecule has 1 fully saturated rings. The number of hydrogen-bond donors (Lipinski definition) is 1. The standard InChI is InChI=1S/C11H18F2N4/c1-17-8-15-10(16-17)7-14-6-9-3-2-4-11(12,13)5-9/h8-9,14H,2-7H2,1H3. The summed E-state index contributed by atoms with van der Waals surface area (Å²) in [6, 6.07) is 0. The summed E-state index contributed by atoms with van der Waals surface area (Å²) in [5.74, 6) is -1.69. The predicted molar refractivity (Wildman–Crippen MR) is 59.6 cm³/mol. The first kappa shape index (κ1) is 12.4. The van der Waals surface area contributed by atoms with E-state index in [2.05, 4.69) is 15.4 Å². The molecule has 1 heterocycles. The molecule has 2 rings (SSSR count). The molecule has 1 aromatic heterocycles. The molecule has 1 aliphatic rings.